The van der Waals surface area contributed by atoms with Crippen LogP contribution in [0.25, 0.3) is 6.08 Å². The van der Waals surface area contributed by atoms with Gasteiger partial charge in [-0.25, -0.2) is 13.9 Å². The molecule has 190 valence electrons. The molecule has 0 aliphatic heterocycles. The highest BCUT2D eigenvalue weighted by Gasteiger charge is 2.16. The van der Waals surface area contributed by atoms with Crippen molar-refractivity contribution in [3.63, 3.8) is 0 Å². The van der Waals surface area contributed by atoms with Crippen LogP contribution in [0.3, 0.4) is 0 Å². The Morgan fingerprint density at radius 2 is 1.49 bits per heavy atom. The first-order valence-corrected chi connectivity index (χ1v) is 12.0. The first kappa shape index (κ1) is 27.5. The number of hydroxylamine groups is 1. The summed E-state index contributed by atoms with van der Waals surface area (Å²) < 4.78 is 46.7. The Morgan fingerprint density at radius 1 is 0.886 bits per heavy atom. The number of methoxy groups -OCH3 is 4. The van der Waals surface area contributed by atoms with Crippen LogP contribution >= 0.6 is 0 Å². The number of hydrogen-bond donors (Lipinski definition) is 3. The van der Waals surface area contributed by atoms with Crippen LogP contribution in [-0.4, -0.2) is 53.9 Å². The van der Waals surface area contributed by atoms with Crippen molar-refractivity contribution < 1.29 is 42.2 Å². The van der Waals surface area contributed by atoms with E-state index >= 15 is 0 Å². The van der Waals surface area contributed by atoms with E-state index in [0.717, 1.165) is 5.41 Å². The molecule has 0 radical (unpaired) electrons. The van der Waals surface area contributed by atoms with E-state index in [1.807, 2.05) is 0 Å². The Kier molecular flexibility index (Phi) is 9.91. The smallest absolute Gasteiger partial charge is 0.243 e. The largest absolute Gasteiger partial charge is 0.496 e. The van der Waals surface area contributed by atoms with Gasteiger partial charge in [-0.2, -0.15) is 0 Å². The van der Waals surface area contributed by atoms with Gasteiger partial charge in [0.25, 0.3) is 0 Å². The number of carbonyl (C=O) groups excluding carboxylic acids is 2. The van der Waals surface area contributed by atoms with Gasteiger partial charge < -0.3 is 24.3 Å². The molecule has 0 aliphatic carbocycles. The van der Waals surface area contributed by atoms with Crippen LogP contribution in [0.2, 0.25) is 0 Å². The summed E-state index contributed by atoms with van der Waals surface area (Å²) >= 11 is 0. The van der Waals surface area contributed by atoms with Crippen molar-refractivity contribution in [1.29, 1.82) is 0 Å². The average molecular weight is 509 g/mol. The van der Waals surface area contributed by atoms with E-state index in [-0.39, 0.29) is 24.3 Å². The number of carbonyl (C=O) groups is 2. The third-order valence-corrected chi connectivity index (χ3v) is 6.09. The van der Waals surface area contributed by atoms with Crippen LogP contribution in [0, 0.1) is 0 Å². The van der Waals surface area contributed by atoms with E-state index in [1.54, 1.807) is 18.2 Å². The number of rotatable bonds is 12. The molecular weight excluding hydrogens is 480 g/mol. The molecule has 2 aromatic rings. The SMILES string of the molecule is COc1cc(OC)c(/C=C/S(=O)(=O)Cc2ccc(OC)c(NC(=O)CCC(=O)NO)c2)c(OC)c1. The molecule has 2 amide bonds. The third kappa shape index (κ3) is 7.90. The number of benzene rings is 2. The normalized spacial score (nSPS) is 11.1. The van der Waals surface area contributed by atoms with Gasteiger partial charge in [0.2, 0.25) is 11.8 Å². The molecule has 0 spiro atoms. The van der Waals surface area contributed by atoms with Gasteiger partial charge in [0.05, 0.1) is 45.4 Å². The lowest BCUT2D eigenvalue weighted by atomic mass is 10.1. The molecule has 35 heavy (non-hydrogen) atoms. The van der Waals surface area contributed by atoms with E-state index in [4.69, 9.17) is 24.2 Å². The van der Waals surface area contributed by atoms with Gasteiger partial charge in [0.1, 0.15) is 23.0 Å². The van der Waals surface area contributed by atoms with Crippen molar-refractivity contribution in [1.82, 2.24) is 5.48 Å². The van der Waals surface area contributed by atoms with Crippen molar-refractivity contribution in [3.8, 4) is 23.0 Å². The quantitative estimate of drug-likeness (QED) is 0.290. The Balaban J connectivity index is 2.25. The molecular formula is C23H28N2O9S. The summed E-state index contributed by atoms with van der Waals surface area (Å²) in [7, 11) is 2.04. The average Bonchev–Trinajstić information content (AvgIpc) is 2.85. The number of ether oxygens (including phenoxy) is 4. The van der Waals surface area contributed by atoms with Crippen molar-refractivity contribution in [2.45, 2.75) is 18.6 Å². The van der Waals surface area contributed by atoms with Crippen LogP contribution in [-0.2, 0) is 25.2 Å². The minimum absolute atomic E-state index is 0.188. The van der Waals surface area contributed by atoms with Crippen molar-refractivity contribution in [3.05, 3.63) is 46.9 Å². The number of sulfone groups is 1. The second kappa shape index (κ2) is 12.6. The second-order valence-corrected chi connectivity index (χ2v) is 9.06. The molecule has 0 atom stereocenters. The van der Waals surface area contributed by atoms with E-state index in [9.17, 15) is 18.0 Å². The summed E-state index contributed by atoms with van der Waals surface area (Å²) in [6.45, 7) is 0. The highest BCUT2D eigenvalue weighted by Crippen LogP contribution is 2.35. The molecule has 0 bridgehead atoms. The molecule has 2 aromatic carbocycles. The molecule has 0 heterocycles. The first-order valence-electron chi connectivity index (χ1n) is 10.3. The monoisotopic (exact) mass is 508 g/mol. The van der Waals surface area contributed by atoms with Crippen LogP contribution in [0.15, 0.2) is 35.7 Å². The van der Waals surface area contributed by atoms with E-state index in [0.29, 0.717) is 34.1 Å². The number of anilines is 1. The van der Waals surface area contributed by atoms with Gasteiger partial charge in [-0.15, -0.1) is 0 Å². The third-order valence-electron chi connectivity index (χ3n) is 4.80. The van der Waals surface area contributed by atoms with Crippen molar-refractivity contribution in [2.75, 3.05) is 33.8 Å². The fourth-order valence-electron chi connectivity index (χ4n) is 3.09. The predicted octanol–water partition coefficient (Wildman–Crippen LogP) is 2.53. The summed E-state index contributed by atoms with van der Waals surface area (Å²) in [5, 5.41) is 12.2. The Labute approximate surface area is 203 Å². The van der Waals surface area contributed by atoms with Gasteiger partial charge in [0, 0.05) is 30.4 Å². The molecule has 0 fully saturated rings. The number of hydrogen-bond acceptors (Lipinski definition) is 9. The standard InChI is InChI=1S/C23H28N2O9S/c1-31-16-12-20(33-3)17(21(13-16)34-4)9-10-35(29,30)14-15-5-6-19(32-2)18(11-15)24-22(26)7-8-23(27)25-28/h5-6,9-13,28H,7-8,14H2,1-4H3,(H,24,26)(H,25,27)/b10-9+. The van der Waals surface area contributed by atoms with Gasteiger partial charge in [0.15, 0.2) is 9.84 Å². The number of amides is 2. The molecule has 0 saturated heterocycles. The topological polar surface area (TPSA) is 149 Å². The summed E-state index contributed by atoms with van der Waals surface area (Å²) in [4.78, 5) is 23.3. The fourth-order valence-corrected chi connectivity index (χ4v) is 4.17. The Morgan fingerprint density at radius 3 is 2.03 bits per heavy atom. The lowest BCUT2D eigenvalue weighted by molar-refractivity contribution is -0.131. The molecule has 11 nitrogen and oxygen atoms in total. The summed E-state index contributed by atoms with van der Waals surface area (Å²) in [6, 6.07) is 7.78. The summed E-state index contributed by atoms with van der Waals surface area (Å²) in [6.07, 6.45) is 0.971. The molecule has 3 N–H and O–H groups in total. The molecule has 0 aliphatic rings. The van der Waals surface area contributed by atoms with E-state index < -0.39 is 21.7 Å². The highest BCUT2D eigenvalue weighted by atomic mass is 32.2. The van der Waals surface area contributed by atoms with Crippen LogP contribution < -0.4 is 29.7 Å². The van der Waals surface area contributed by atoms with Crippen molar-refractivity contribution >= 4 is 33.4 Å². The lowest BCUT2D eigenvalue weighted by Crippen LogP contribution is -2.21. The van der Waals surface area contributed by atoms with Crippen molar-refractivity contribution in [2.24, 2.45) is 0 Å². The van der Waals surface area contributed by atoms with Crippen LogP contribution in [0.5, 0.6) is 23.0 Å². The predicted molar refractivity (Wildman–Crippen MR) is 129 cm³/mol. The van der Waals surface area contributed by atoms with E-state index in [2.05, 4.69) is 5.32 Å². The Bertz CT molecular complexity index is 1170. The summed E-state index contributed by atoms with van der Waals surface area (Å²) in [5.74, 6) is -0.0226. The second-order valence-electron chi connectivity index (χ2n) is 7.17. The van der Waals surface area contributed by atoms with E-state index in [1.165, 1.54) is 52.1 Å². The highest BCUT2D eigenvalue weighted by molar-refractivity contribution is 7.93. The van der Waals surface area contributed by atoms with Gasteiger partial charge in [-0.3, -0.25) is 14.8 Å². The van der Waals surface area contributed by atoms with Gasteiger partial charge in [-0.1, -0.05) is 6.07 Å². The maximum atomic E-state index is 12.8. The zero-order valence-corrected chi connectivity index (χ0v) is 20.6. The molecule has 12 heteroatoms. The van der Waals surface area contributed by atoms with Gasteiger partial charge in [-0.05, 0) is 23.8 Å². The first-order chi connectivity index (χ1) is 16.7. The minimum Gasteiger partial charge on any atom is -0.496 e. The molecule has 0 aromatic heterocycles. The van der Waals surface area contributed by atoms with Gasteiger partial charge >= 0.3 is 0 Å². The maximum Gasteiger partial charge on any atom is 0.243 e. The summed E-state index contributed by atoms with van der Waals surface area (Å²) in [5.41, 5.74) is 2.51. The number of nitrogens with one attached hydrogen (secondary N) is 2. The maximum absolute atomic E-state index is 12.8. The zero-order chi connectivity index (χ0) is 26.0. The zero-order valence-electron chi connectivity index (χ0n) is 19.8. The molecule has 0 saturated carbocycles. The minimum atomic E-state index is -3.75. The molecule has 0 unspecified atom stereocenters. The Hall–Kier alpha value is -3.77. The molecule has 2 rings (SSSR count). The fraction of sp³-hybridized carbons (Fsp3) is 0.304. The van der Waals surface area contributed by atoms with Crippen LogP contribution in [0.1, 0.15) is 24.0 Å². The lowest BCUT2D eigenvalue weighted by Gasteiger charge is -2.13. The van der Waals surface area contributed by atoms with Crippen LogP contribution in [0.4, 0.5) is 5.69 Å².